The molecule has 1 aliphatic heterocycles. The van der Waals surface area contributed by atoms with Gasteiger partial charge < -0.3 is 14.8 Å². The Morgan fingerprint density at radius 2 is 1.85 bits per heavy atom. The maximum atomic E-state index is 13.4. The second kappa shape index (κ2) is 9.38. The van der Waals surface area contributed by atoms with E-state index in [4.69, 9.17) is 14.7 Å². The molecule has 0 saturated carbocycles. The van der Waals surface area contributed by atoms with Crippen LogP contribution in [0.25, 0.3) is 11.3 Å². The Bertz CT molecular complexity index is 1230. The molecule has 0 unspecified atom stereocenters. The number of anilines is 1. The average Bonchev–Trinajstić information content (AvgIpc) is 3.27. The molecule has 33 heavy (non-hydrogen) atoms. The third-order valence-electron chi connectivity index (χ3n) is 4.52. The second-order valence-electron chi connectivity index (χ2n) is 6.82. The fraction of sp³-hybridized carbons (Fsp3) is 0.182. The highest BCUT2D eigenvalue weighted by atomic mass is 32.2. The van der Waals surface area contributed by atoms with Crippen LogP contribution in [-0.2, 0) is 11.0 Å². The fourth-order valence-corrected chi connectivity index (χ4v) is 3.72. The van der Waals surface area contributed by atoms with E-state index in [0.29, 0.717) is 28.3 Å². The number of hydrogen-bond acceptors (Lipinski definition) is 7. The second-order valence-corrected chi connectivity index (χ2v) is 7.88. The molecule has 0 atom stereocenters. The number of benzene rings is 2. The minimum Gasteiger partial charge on any atom is -0.454 e. The summed E-state index contributed by atoms with van der Waals surface area (Å²) in [4.78, 5) is 20.0. The van der Waals surface area contributed by atoms with Crippen molar-refractivity contribution in [2.45, 2.75) is 17.8 Å². The molecule has 1 amide bonds. The number of carbonyl (C=O) groups is 1. The summed E-state index contributed by atoms with van der Waals surface area (Å²) in [7, 11) is 0. The summed E-state index contributed by atoms with van der Waals surface area (Å²) < 4.78 is 50.7. The van der Waals surface area contributed by atoms with Gasteiger partial charge in [0.05, 0.1) is 17.3 Å². The van der Waals surface area contributed by atoms with E-state index < -0.39 is 11.9 Å². The van der Waals surface area contributed by atoms with E-state index in [9.17, 15) is 18.0 Å². The molecule has 2 heterocycles. The van der Waals surface area contributed by atoms with Crippen molar-refractivity contribution >= 4 is 23.4 Å². The van der Waals surface area contributed by atoms with Gasteiger partial charge in [-0.1, -0.05) is 11.8 Å². The molecule has 0 radical (unpaired) electrons. The number of thioether (sulfide) groups is 1. The molecule has 1 aliphatic rings. The first kappa shape index (κ1) is 22.4. The maximum Gasteiger partial charge on any atom is 0.433 e. The summed E-state index contributed by atoms with van der Waals surface area (Å²) in [6.45, 7) is 0.0436. The molecule has 0 bridgehead atoms. The average molecular weight is 472 g/mol. The lowest BCUT2D eigenvalue weighted by Gasteiger charge is -2.11. The van der Waals surface area contributed by atoms with Crippen LogP contribution in [-0.4, -0.2) is 28.4 Å². The van der Waals surface area contributed by atoms with Crippen molar-refractivity contribution < 1.29 is 27.4 Å². The number of aromatic nitrogens is 2. The molecule has 0 saturated heterocycles. The number of ether oxygens (including phenoxy) is 2. The van der Waals surface area contributed by atoms with E-state index >= 15 is 0 Å². The van der Waals surface area contributed by atoms with Gasteiger partial charge in [0.25, 0.3) is 0 Å². The zero-order chi connectivity index (χ0) is 23.4. The first-order valence-corrected chi connectivity index (χ1v) is 10.6. The third kappa shape index (κ3) is 5.53. The summed E-state index contributed by atoms with van der Waals surface area (Å²) in [6.07, 6.45) is -4.63. The van der Waals surface area contributed by atoms with Gasteiger partial charge in [0.1, 0.15) is 5.69 Å². The Balaban J connectivity index is 1.46. The fourth-order valence-electron chi connectivity index (χ4n) is 2.93. The first-order chi connectivity index (χ1) is 15.8. The first-order valence-electron chi connectivity index (χ1n) is 9.61. The molecule has 2 aromatic carbocycles. The van der Waals surface area contributed by atoms with Gasteiger partial charge in [-0.3, -0.25) is 4.79 Å². The number of nitrogens with one attached hydrogen (secondary N) is 1. The number of rotatable bonds is 6. The molecule has 0 fully saturated rings. The van der Waals surface area contributed by atoms with Gasteiger partial charge >= 0.3 is 6.18 Å². The van der Waals surface area contributed by atoms with E-state index in [1.807, 2.05) is 6.07 Å². The van der Waals surface area contributed by atoms with Crippen molar-refractivity contribution in [3.8, 4) is 28.8 Å². The van der Waals surface area contributed by atoms with E-state index in [2.05, 4.69) is 15.3 Å². The number of carbonyl (C=O) groups excluding carboxylic acids is 1. The minimum absolute atomic E-state index is 0.0314. The lowest BCUT2D eigenvalue weighted by atomic mass is 10.1. The highest BCUT2D eigenvalue weighted by Crippen LogP contribution is 2.37. The van der Waals surface area contributed by atoms with Gasteiger partial charge in [-0.25, -0.2) is 9.97 Å². The molecule has 3 aromatic rings. The van der Waals surface area contributed by atoms with Crippen molar-refractivity contribution in [1.82, 2.24) is 9.97 Å². The van der Waals surface area contributed by atoms with E-state index in [1.165, 1.54) is 0 Å². The molecule has 1 aromatic heterocycles. The van der Waals surface area contributed by atoms with Gasteiger partial charge in [-0.2, -0.15) is 18.4 Å². The number of nitrogens with zero attached hydrogens (tertiary/aromatic N) is 3. The highest BCUT2D eigenvalue weighted by Gasteiger charge is 2.34. The van der Waals surface area contributed by atoms with Crippen LogP contribution in [0.1, 0.15) is 17.7 Å². The Morgan fingerprint density at radius 1 is 1.09 bits per heavy atom. The number of halogens is 3. The summed E-state index contributed by atoms with van der Waals surface area (Å²) in [5.74, 6) is 0.777. The highest BCUT2D eigenvalue weighted by molar-refractivity contribution is 7.99. The molecule has 0 aliphatic carbocycles. The Kier molecular flexibility index (Phi) is 6.37. The van der Waals surface area contributed by atoms with Crippen LogP contribution >= 0.6 is 11.8 Å². The molecule has 7 nitrogen and oxygen atoms in total. The van der Waals surface area contributed by atoms with Crippen molar-refractivity contribution in [2.24, 2.45) is 0 Å². The Hall–Kier alpha value is -3.78. The van der Waals surface area contributed by atoms with E-state index in [0.717, 1.165) is 17.8 Å². The van der Waals surface area contributed by atoms with E-state index in [1.54, 1.807) is 42.5 Å². The zero-order valence-corrected chi connectivity index (χ0v) is 17.7. The SMILES string of the molecule is N#Cc1ccc(NC(=O)CCSc2nc(-c3ccc4c(c3)OCO4)cc(C(F)(F)F)n2)cc1. The Morgan fingerprint density at radius 3 is 2.58 bits per heavy atom. The topological polar surface area (TPSA) is 97.1 Å². The maximum absolute atomic E-state index is 13.4. The predicted molar refractivity (Wildman–Crippen MR) is 114 cm³/mol. The summed E-state index contributed by atoms with van der Waals surface area (Å²) in [5, 5.41) is 11.4. The summed E-state index contributed by atoms with van der Waals surface area (Å²) in [5.41, 5.74) is 0.412. The summed E-state index contributed by atoms with van der Waals surface area (Å²) in [6, 6.07) is 13.9. The summed E-state index contributed by atoms with van der Waals surface area (Å²) >= 11 is 0.948. The molecule has 0 spiro atoms. The normalized spacial score (nSPS) is 12.3. The van der Waals surface area contributed by atoms with Crippen molar-refractivity contribution in [3.63, 3.8) is 0 Å². The zero-order valence-electron chi connectivity index (χ0n) is 16.8. The van der Waals surface area contributed by atoms with Gasteiger partial charge in [-0.05, 0) is 48.5 Å². The lowest BCUT2D eigenvalue weighted by Crippen LogP contribution is -2.13. The van der Waals surface area contributed by atoms with Crippen LogP contribution < -0.4 is 14.8 Å². The van der Waals surface area contributed by atoms with Gasteiger partial charge in [-0.15, -0.1) is 0 Å². The van der Waals surface area contributed by atoms with Crippen LogP contribution in [0, 0.1) is 11.3 Å². The molecule has 168 valence electrons. The standard InChI is InChI=1S/C22H15F3N4O3S/c23-22(24,25)19-10-16(14-3-6-17-18(9-14)32-12-31-17)28-21(29-19)33-8-7-20(30)27-15-4-1-13(11-26)2-5-15/h1-6,9-10H,7-8,12H2,(H,27,30). The largest absolute Gasteiger partial charge is 0.454 e. The van der Waals surface area contributed by atoms with Gasteiger partial charge in [0.15, 0.2) is 16.7 Å². The monoisotopic (exact) mass is 472 g/mol. The minimum atomic E-state index is -4.66. The van der Waals surface area contributed by atoms with Crippen LogP contribution in [0.15, 0.2) is 53.7 Å². The third-order valence-corrected chi connectivity index (χ3v) is 5.37. The number of alkyl halides is 3. The molecular weight excluding hydrogens is 457 g/mol. The Labute approximate surface area is 190 Å². The van der Waals surface area contributed by atoms with Crippen LogP contribution in [0.3, 0.4) is 0 Å². The molecule has 1 N–H and O–H groups in total. The van der Waals surface area contributed by atoms with Gasteiger partial charge in [0, 0.05) is 23.4 Å². The van der Waals surface area contributed by atoms with Crippen molar-refractivity contribution in [2.75, 3.05) is 17.9 Å². The molecule has 11 heteroatoms. The van der Waals surface area contributed by atoms with Gasteiger partial charge in [0.2, 0.25) is 12.7 Å². The smallest absolute Gasteiger partial charge is 0.433 e. The molecule has 4 rings (SSSR count). The lowest BCUT2D eigenvalue weighted by molar-refractivity contribution is -0.141. The number of amides is 1. The quantitative estimate of drug-likeness (QED) is 0.403. The molecular formula is C22H15F3N4O3S. The van der Waals surface area contributed by atoms with Crippen LogP contribution in [0.4, 0.5) is 18.9 Å². The van der Waals surface area contributed by atoms with Crippen LogP contribution in [0.5, 0.6) is 11.5 Å². The van der Waals surface area contributed by atoms with Crippen LogP contribution in [0.2, 0.25) is 0 Å². The number of hydrogen-bond donors (Lipinski definition) is 1. The van der Waals surface area contributed by atoms with Crippen molar-refractivity contribution in [1.29, 1.82) is 5.26 Å². The number of fused-ring (bicyclic) bond motifs is 1. The predicted octanol–water partition coefficient (Wildman–Crippen LogP) is 4.88. The van der Waals surface area contributed by atoms with E-state index in [-0.39, 0.29) is 35.7 Å². The van der Waals surface area contributed by atoms with Crippen molar-refractivity contribution in [3.05, 3.63) is 59.8 Å². The number of nitriles is 1.